The third-order valence-electron chi connectivity index (χ3n) is 3.82. The van der Waals surface area contributed by atoms with Crippen LogP contribution in [0.3, 0.4) is 0 Å². The van der Waals surface area contributed by atoms with E-state index in [4.69, 9.17) is 11.6 Å². The van der Waals surface area contributed by atoms with Crippen LogP contribution < -0.4 is 0 Å². The van der Waals surface area contributed by atoms with Gasteiger partial charge < -0.3 is 5.11 Å². The quantitative estimate of drug-likeness (QED) is 0.591. The summed E-state index contributed by atoms with van der Waals surface area (Å²) in [6.07, 6.45) is 1.80. The van der Waals surface area contributed by atoms with Gasteiger partial charge in [-0.3, -0.25) is 0 Å². The minimum atomic E-state index is 0.287. The van der Waals surface area contributed by atoms with Crippen LogP contribution in [0, 0.1) is 25.2 Å². The minimum absolute atomic E-state index is 0.287. The molecule has 3 aromatic rings. The number of nitrogens with zero attached hydrogens (tertiary/aromatic N) is 2. The Hall–Kier alpha value is -2.61. The third-order valence-corrected chi connectivity index (χ3v) is 4.95. The number of thiazole rings is 1. The monoisotopic (exact) mass is 366 g/mol. The molecule has 2 aromatic carbocycles. The first-order valence-corrected chi connectivity index (χ1v) is 8.87. The number of nitriles is 1. The lowest BCUT2D eigenvalue weighted by molar-refractivity contribution is 0.467. The van der Waals surface area contributed by atoms with Crippen molar-refractivity contribution >= 4 is 34.6 Å². The van der Waals surface area contributed by atoms with Gasteiger partial charge in [0, 0.05) is 16.0 Å². The van der Waals surface area contributed by atoms with Crippen molar-refractivity contribution < 1.29 is 5.11 Å². The Balaban J connectivity index is 1.97. The highest BCUT2D eigenvalue weighted by Gasteiger charge is 2.10. The molecule has 1 aromatic heterocycles. The SMILES string of the molecule is Cc1cc(/C=C(\C#N)c2nc(-c3ccc(Cl)cc3)cs2)cc(C)c1O. The van der Waals surface area contributed by atoms with Gasteiger partial charge in [0.1, 0.15) is 16.8 Å². The van der Waals surface area contributed by atoms with Crippen molar-refractivity contribution in [2.45, 2.75) is 13.8 Å². The second kappa shape index (κ2) is 7.10. The zero-order valence-electron chi connectivity index (χ0n) is 13.7. The highest BCUT2D eigenvalue weighted by Crippen LogP contribution is 2.29. The Bertz CT molecular complexity index is 974. The van der Waals surface area contributed by atoms with Gasteiger partial charge in [0.15, 0.2) is 0 Å². The van der Waals surface area contributed by atoms with Crippen LogP contribution in [-0.2, 0) is 0 Å². The van der Waals surface area contributed by atoms with Crippen LogP contribution in [0.15, 0.2) is 41.8 Å². The summed E-state index contributed by atoms with van der Waals surface area (Å²) in [7, 11) is 0. The fourth-order valence-electron chi connectivity index (χ4n) is 2.53. The van der Waals surface area contributed by atoms with Crippen molar-refractivity contribution in [2.24, 2.45) is 0 Å². The first-order chi connectivity index (χ1) is 12.0. The first-order valence-electron chi connectivity index (χ1n) is 7.62. The number of hydrogen-bond donors (Lipinski definition) is 1. The van der Waals surface area contributed by atoms with Crippen LogP contribution in [0.25, 0.3) is 22.9 Å². The van der Waals surface area contributed by atoms with E-state index >= 15 is 0 Å². The summed E-state index contributed by atoms with van der Waals surface area (Å²) in [5.74, 6) is 0.287. The summed E-state index contributed by atoms with van der Waals surface area (Å²) in [6.45, 7) is 3.68. The summed E-state index contributed by atoms with van der Waals surface area (Å²) in [4.78, 5) is 4.58. The Morgan fingerprint density at radius 3 is 2.44 bits per heavy atom. The van der Waals surface area contributed by atoms with Crippen molar-refractivity contribution in [2.75, 3.05) is 0 Å². The second-order valence-electron chi connectivity index (χ2n) is 5.72. The maximum atomic E-state index is 9.88. The van der Waals surface area contributed by atoms with E-state index in [9.17, 15) is 10.4 Å². The number of phenols is 1. The van der Waals surface area contributed by atoms with Gasteiger partial charge in [0.2, 0.25) is 0 Å². The van der Waals surface area contributed by atoms with E-state index in [0.29, 0.717) is 15.6 Å². The average Bonchev–Trinajstić information content (AvgIpc) is 3.08. The Labute approximate surface area is 155 Å². The number of hydrogen-bond acceptors (Lipinski definition) is 4. The van der Waals surface area contributed by atoms with Gasteiger partial charge in [-0.25, -0.2) is 4.98 Å². The van der Waals surface area contributed by atoms with E-state index in [-0.39, 0.29) is 5.75 Å². The number of halogens is 1. The molecule has 3 nitrogen and oxygen atoms in total. The van der Waals surface area contributed by atoms with Gasteiger partial charge in [-0.1, -0.05) is 23.7 Å². The summed E-state index contributed by atoms with van der Waals surface area (Å²) < 4.78 is 0. The molecule has 0 radical (unpaired) electrons. The summed E-state index contributed by atoms with van der Waals surface area (Å²) in [6, 6.07) is 13.4. The first kappa shape index (κ1) is 17.2. The third kappa shape index (κ3) is 3.74. The number of allylic oxidation sites excluding steroid dienone is 1. The lowest BCUT2D eigenvalue weighted by Gasteiger charge is -2.05. The molecule has 0 aliphatic heterocycles. The van der Waals surface area contributed by atoms with Crippen LogP contribution >= 0.6 is 22.9 Å². The van der Waals surface area contributed by atoms with Crippen molar-refractivity contribution in [3.8, 4) is 23.1 Å². The number of aromatic hydroxyl groups is 1. The van der Waals surface area contributed by atoms with Crippen molar-refractivity contribution in [1.29, 1.82) is 5.26 Å². The molecule has 1 N–H and O–H groups in total. The maximum Gasteiger partial charge on any atom is 0.134 e. The Kier molecular flexibility index (Phi) is 4.89. The number of aryl methyl sites for hydroxylation is 2. The molecule has 0 aliphatic carbocycles. The molecule has 0 aliphatic rings. The van der Waals surface area contributed by atoms with Gasteiger partial charge in [0.25, 0.3) is 0 Å². The van der Waals surface area contributed by atoms with Crippen molar-refractivity contribution in [1.82, 2.24) is 4.98 Å². The Morgan fingerprint density at radius 2 is 1.84 bits per heavy atom. The van der Waals surface area contributed by atoms with E-state index in [1.807, 2.05) is 55.6 Å². The number of rotatable bonds is 3. The molecule has 0 spiro atoms. The van der Waals surface area contributed by atoms with Crippen LogP contribution in [0.2, 0.25) is 5.02 Å². The van der Waals surface area contributed by atoms with Crippen molar-refractivity contribution in [3.05, 3.63) is 68.5 Å². The molecule has 0 saturated carbocycles. The molecule has 0 amide bonds. The zero-order valence-corrected chi connectivity index (χ0v) is 15.3. The fourth-order valence-corrected chi connectivity index (χ4v) is 3.45. The van der Waals surface area contributed by atoms with Gasteiger partial charge >= 0.3 is 0 Å². The molecule has 124 valence electrons. The van der Waals surface area contributed by atoms with E-state index in [0.717, 1.165) is 27.9 Å². The lowest BCUT2D eigenvalue weighted by Crippen LogP contribution is -1.86. The highest BCUT2D eigenvalue weighted by molar-refractivity contribution is 7.11. The van der Waals surface area contributed by atoms with Gasteiger partial charge in [-0.05, 0) is 60.9 Å². The van der Waals surface area contributed by atoms with E-state index in [1.54, 1.807) is 6.08 Å². The number of benzene rings is 2. The molecule has 5 heteroatoms. The van der Waals surface area contributed by atoms with E-state index < -0.39 is 0 Å². The fraction of sp³-hybridized carbons (Fsp3) is 0.100. The largest absolute Gasteiger partial charge is 0.507 e. The predicted octanol–water partition coefficient (Wildman–Crippen LogP) is 5.85. The maximum absolute atomic E-state index is 9.88. The summed E-state index contributed by atoms with van der Waals surface area (Å²) in [5.41, 5.74) is 4.70. The van der Waals surface area contributed by atoms with Gasteiger partial charge in [-0.15, -0.1) is 11.3 Å². The topological polar surface area (TPSA) is 56.9 Å². The van der Waals surface area contributed by atoms with Gasteiger partial charge in [-0.2, -0.15) is 5.26 Å². The lowest BCUT2D eigenvalue weighted by atomic mass is 10.0. The van der Waals surface area contributed by atoms with Crippen LogP contribution in [0.1, 0.15) is 21.7 Å². The number of phenolic OH excluding ortho intramolecular Hbond substituents is 1. The molecular weight excluding hydrogens is 352 g/mol. The van der Waals surface area contributed by atoms with Crippen LogP contribution in [-0.4, -0.2) is 10.1 Å². The van der Waals surface area contributed by atoms with Gasteiger partial charge in [0.05, 0.1) is 11.3 Å². The summed E-state index contributed by atoms with van der Waals surface area (Å²) in [5, 5.41) is 22.7. The average molecular weight is 367 g/mol. The molecule has 1 heterocycles. The second-order valence-corrected chi connectivity index (χ2v) is 7.01. The molecule has 3 rings (SSSR count). The molecule has 25 heavy (non-hydrogen) atoms. The van der Waals surface area contributed by atoms with Crippen LogP contribution in [0.5, 0.6) is 5.75 Å². The molecule has 0 atom stereocenters. The summed E-state index contributed by atoms with van der Waals surface area (Å²) >= 11 is 7.34. The molecule has 0 saturated heterocycles. The van der Waals surface area contributed by atoms with Crippen molar-refractivity contribution in [3.63, 3.8) is 0 Å². The number of aromatic nitrogens is 1. The zero-order chi connectivity index (χ0) is 18.0. The Morgan fingerprint density at radius 1 is 1.20 bits per heavy atom. The molecule has 0 bridgehead atoms. The molecule has 0 unspecified atom stereocenters. The smallest absolute Gasteiger partial charge is 0.134 e. The predicted molar refractivity (Wildman–Crippen MR) is 104 cm³/mol. The standard InChI is InChI=1S/C20H15ClN2OS/c1-12-7-14(8-13(2)19(12)24)9-16(10-22)20-23-18(11-25-20)15-3-5-17(21)6-4-15/h3-9,11,24H,1-2H3/b16-9+. The minimum Gasteiger partial charge on any atom is -0.507 e. The van der Waals surface area contributed by atoms with E-state index in [1.165, 1.54) is 11.3 Å². The van der Waals surface area contributed by atoms with Crippen LogP contribution in [0.4, 0.5) is 0 Å². The molecule has 0 fully saturated rings. The highest BCUT2D eigenvalue weighted by atomic mass is 35.5. The van der Waals surface area contributed by atoms with E-state index in [2.05, 4.69) is 11.1 Å². The molecular formula is C20H15ClN2OS. The normalized spacial score (nSPS) is 11.4.